The Morgan fingerprint density at radius 2 is 1.83 bits per heavy atom. The van der Waals surface area contributed by atoms with E-state index in [-0.39, 0.29) is 5.92 Å². The van der Waals surface area contributed by atoms with Crippen molar-refractivity contribution in [2.45, 2.75) is 39.0 Å². The number of rotatable bonds is 7. The summed E-state index contributed by atoms with van der Waals surface area (Å²) in [6.45, 7) is 7.83. The fraction of sp³-hybridized carbons (Fsp3) is 0.571. The summed E-state index contributed by atoms with van der Waals surface area (Å²) in [5.41, 5.74) is 1.68. The molecule has 1 aromatic heterocycles. The zero-order valence-corrected chi connectivity index (χ0v) is 11.7. The van der Waals surface area contributed by atoms with E-state index in [1.54, 1.807) is 14.2 Å². The topological polar surface area (TPSA) is 44.2 Å². The van der Waals surface area contributed by atoms with Gasteiger partial charge >= 0.3 is 0 Å². The zero-order valence-electron chi connectivity index (χ0n) is 11.7. The van der Waals surface area contributed by atoms with Crippen LogP contribution < -0.4 is 9.47 Å². The Labute approximate surface area is 109 Å². The molecule has 0 bridgehead atoms. The van der Waals surface area contributed by atoms with Gasteiger partial charge in [0.2, 0.25) is 11.8 Å². The molecule has 0 spiro atoms. The fourth-order valence-corrected chi connectivity index (χ4v) is 1.72. The van der Waals surface area contributed by atoms with Crippen LogP contribution in [0.2, 0.25) is 0 Å². The maximum atomic E-state index is 5.31. The van der Waals surface area contributed by atoms with Crippen LogP contribution >= 0.6 is 0 Å². The van der Waals surface area contributed by atoms with Gasteiger partial charge in [-0.15, -0.1) is 6.58 Å². The van der Waals surface area contributed by atoms with Crippen molar-refractivity contribution in [2.75, 3.05) is 14.2 Å². The number of aryl methyl sites for hydroxylation is 1. The van der Waals surface area contributed by atoms with Gasteiger partial charge < -0.3 is 9.47 Å². The first-order chi connectivity index (χ1) is 8.63. The molecule has 4 nitrogen and oxygen atoms in total. The summed E-state index contributed by atoms with van der Waals surface area (Å²) < 4.78 is 10.6. The largest absolute Gasteiger partial charge is 0.480 e. The molecule has 0 aliphatic rings. The molecule has 0 aliphatic carbocycles. The van der Waals surface area contributed by atoms with Crippen LogP contribution in [0.5, 0.6) is 11.8 Å². The van der Waals surface area contributed by atoms with Crippen LogP contribution in [0.25, 0.3) is 0 Å². The molecule has 0 saturated carbocycles. The van der Waals surface area contributed by atoms with E-state index in [0.717, 1.165) is 30.7 Å². The Morgan fingerprint density at radius 1 is 1.17 bits per heavy atom. The molecule has 0 N–H and O–H groups in total. The van der Waals surface area contributed by atoms with Crippen LogP contribution in [0.1, 0.15) is 44.0 Å². The summed E-state index contributed by atoms with van der Waals surface area (Å²) in [4.78, 5) is 9.02. The minimum atomic E-state index is 0.253. The van der Waals surface area contributed by atoms with Crippen molar-refractivity contribution in [3.63, 3.8) is 0 Å². The van der Waals surface area contributed by atoms with Gasteiger partial charge in [0.05, 0.1) is 14.2 Å². The van der Waals surface area contributed by atoms with E-state index < -0.39 is 0 Å². The number of hydrogen-bond donors (Lipinski definition) is 0. The Morgan fingerprint density at radius 3 is 2.33 bits per heavy atom. The molecule has 0 amide bonds. The van der Waals surface area contributed by atoms with Gasteiger partial charge in [0.25, 0.3) is 0 Å². The van der Waals surface area contributed by atoms with Crippen molar-refractivity contribution in [3.8, 4) is 11.8 Å². The van der Waals surface area contributed by atoms with Crippen LogP contribution in [-0.2, 0) is 6.42 Å². The van der Waals surface area contributed by atoms with Crippen LogP contribution in [0.4, 0.5) is 0 Å². The summed E-state index contributed by atoms with van der Waals surface area (Å²) in [5.74, 6) is 1.45. The lowest BCUT2D eigenvalue weighted by molar-refractivity contribution is 0.359. The molecule has 4 heteroatoms. The highest BCUT2D eigenvalue weighted by Gasteiger charge is 2.16. The minimum absolute atomic E-state index is 0.253. The molecule has 0 fully saturated rings. The second-order valence-electron chi connectivity index (χ2n) is 4.41. The highest BCUT2D eigenvalue weighted by atomic mass is 16.5. The number of allylic oxidation sites excluding steroid dienone is 1. The van der Waals surface area contributed by atoms with Gasteiger partial charge in [-0.25, -0.2) is 9.97 Å². The average Bonchev–Trinajstić information content (AvgIpc) is 2.38. The van der Waals surface area contributed by atoms with E-state index in [0.29, 0.717) is 11.8 Å². The Kier molecular flexibility index (Phi) is 5.62. The predicted molar refractivity (Wildman–Crippen MR) is 72.4 cm³/mol. The van der Waals surface area contributed by atoms with E-state index >= 15 is 0 Å². The van der Waals surface area contributed by atoms with Crippen LogP contribution in [0.3, 0.4) is 0 Å². The third-order valence-corrected chi connectivity index (χ3v) is 2.68. The molecule has 18 heavy (non-hydrogen) atoms. The molecule has 0 unspecified atom stereocenters. The third-order valence-electron chi connectivity index (χ3n) is 2.68. The molecule has 1 rings (SSSR count). The number of unbranched alkanes of at least 4 members (excludes halogenated alkanes) is 1. The monoisotopic (exact) mass is 250 g/mol. The molecule has 0 radical (unpaired) electrons. The Hall–Kier alpha value is -1.58. The van der Waals surface area contributed by atoms with Crippen LogP contribution in [0.15, 0.2) is 12.7 Å². The highest BCUT2D eigenvalue weighted by molar-refractivity contribution is 5.30. The Balaban J connectivity index is 3.05. The number of ether oxygens (including phenoxy) is 2. The van der Waals surface area contributed by atoms with Crippen LogP contribution in [0, 0.1) is 0 Å². The molecule has 0 saturated heterocycles. The van der Waals surface area contributed by atoms with Crippen molar-refractivity contribution in [2.24, 2.45) is 0 Å². The maximum absolute atomic E-state index is 5.31. The molecule has 100 valence electrons. The standard InChI is InChI=1S/C14H22N2O2/c1-6-7-8-9-11-13(17-4)16-12(10(2)3)14(15-11)18-5/h6,10H,1,7-9H2,2-5H3. The van der Waals surface area contributed by atoms with Crippen molar-refractivity contribution in [3.05, 3.63) is 24.0 Å². The first-order valence-corrected chi connectivity index (χ1v) is 6.23. The van der Waals surface area contributed by atoms with Gasteiger partial charge in [-0.1, -0.05) is 19.9 Å². The predicted octanol–water partition coefficient (Wildman–Crippen LogP) is 3.13. The molecular formula is C14H22N2O2. The number of nitrogens with zero attached hydrogens (tertiary/aromatic N) is 2. The van der Waals surface area contributed by atoms with Gasteiger partial charge in [0.1, 0.15) is 11.4 Å². The van der Waals surface area contributed by atoms with E-state index in [4.69, 9.17) is 9.47 Å². The normalized spacial score (nSPS) is 10.5. The Bertz CT molecular complexity index is 403. The van der Waals surface area contributed by atoms with E-state index in [1.807, 2.05) is 6.08 Å². The van der Waals surface area contributed by atoms with E-state index in [2.05, 4.69) is 30.4 Å². The maximum Gasteiger partial charge on any atom is 0.236 e. The first kappa shape index (κ1) is 14.5. The summed E-state index contributed by atoms with van der Waals surface area (Å²) in [6.07, 6.45) is 4.66. The molecule has 1 heterocycles. The SMILES string of the molecule is C=CCCCc1nc(OC)c(C(C)C)nc1OC. The lowest BCUT2D eigenvalue weighted by Crippen LogP contribution is -2.07. The number of aromatic nitrogens is 2. The first-order valence-electron chi connectivity index (χ1n) is 6.23. The lowest BCUT2D eigenvalue weighted by atomic mass is 10.1. The van der Waals surface area contributed by atoms with Gasteiger partial charge in [0, 0.05) is 5.92 Å². The summed E-state index contributed by atoms with van der Waals surface area (Å²) in [5, 5.41) is 0. The van der Waals surface area contributed by atoms with Crippen molar-refractivity contribution < 1.29 is 9.47 Å². The van der Waals surface area contributed by atoms with Crippen LogP contribution in [-0.4, -0.2) is 24.2 Å². The fourth-order valence-electron chi connectivity index (χ4n) is 1.72. The van der Waals surface area contributed by atoms with Gasteiger partial charge in [0.15, 0.2) is 0 Å². The second kappa shape index (κ2) is 6.99. The molecule has 0 atom stereocenters. The number of methoxy groups -OCH3 is 2. The average molecular weight is 250 g/mol. The number of hydrogen-bond acceptors (Lipinski definition) is 4. The molecule has 0 aromatic carbocycles. The van der Waals surface area contributed by atoms with E-state index in [1.165, 1.54) is 0 Å². The van der Waals surface area contributed by atoms with Gasteiger partial charge in [-0.2, -0.15) is 0 Å². The molecule has 0 aliphatic heterocycles. The van der Waals surface area contributed by atoms with Gasteiger partial charge in [-0.05, 0) is 19.3 Å². The van der Waals surface area contributed by atoms with Gasteiger partial charge in [-0.3, -0.25) is 0 Å². The summed E-state index contributed by atoms with van der Waals surface area (Å²) in [6, 6.07) is 0. The lowest BCUT2D eigenvalue weighted by Gasteiger charge is -2.14. The van der Waals surface area contributed by atoms with E-state index in [9.17, 15) is 0 Å². The second-order valence-corrected chi connectivity index (χ2v) is 4.41. The van der Waals surface area contributed by atoms with Crippen molar-refractivity contribution in [1.29, 1.82) is 0 Å². The summed E-state index contributed by atoms with van der Waals surface area (Å²) >= 11 is 0. The van der Waals surface area contributed by atoms with Crippen molar-refractivity contribution >= 4 is 0 Å². The molecule has 1 aromatic rings. The highest BCUT2D eigenvalue weighted by Crippen LogP contribution is 2.27. The smallest absolute Gasteiger partial charge is 0.236 e. The van der Waals surface area contributed by atoms with Crippen molar-refractivity contribution in [1.82, 2.24) is 9.97 Å². The summed E-state index contributed by atoms with van der Waals surface area (Å²) in [7, 11) is 3.24. The minimum Gasteiger partial charge on any atom is -0.480 e. The zero-order chi connectivity index (χ0) is 13.5. The third kappa shape index (κ3) is 3.45. The molecular weight excluding hydrogens is 228 g/mol. The quantitative estimate of drug-likeness (QED) is 0.551.